The second-order valence-electron chi connectivity index (χ2n) is 6.35. The van der Waals surface area contributed by atoms with Gasteiger partial charge in [0.15, 0.2) is 11.0 Å². The van der Waals surface area contributed by atoms with Crippen molar-refractivity contribution < 1.29 is 0 Å². The molecule has 0 amide bonds. The standard InChI is InChI=1S/C23H12ClN3S/c24-22-18(13-25)21(14-6-2-1-3-7-14)26-23(27-22)15-10-11-17-16-8-4-5-9-19(16)28-20(17)12-15/h1-12H. The molecule has 0 atom stereocenters. The third-order valence-electron chi connectivity index (χ3n) is 4.66. The lowest BCUT2D eigenvalue weighted by Crippen LogP contribution is -1.98. The number of aromatic nitrogens is 2. The molecule has 0 aliphatic heterocycles. The Labute approximate surface area is 170 Å². The van der Waals surface area contributed by atoms with Crippen molar-refractivity contribution in [2.24, 2.45) is 0 Å². The predicted molar refractivity (Wildman–Crippen MR) is 116 cm³/mol. The van der Waals surface area contributed by atoms with Gasteiger partial charge in [0.1, 0.15) is 11.6 Å². The number of fused-ring (bicyclic) bond motifs is 3. The summed E-state index contributed by atoms with van der Waals surface area (Å²) in [6, 6.07) is 26.3. The summed E-state index contributed by atoms with van der Waals surface area (Å²) in [4.78, 5) is 9.09. The molecule has 0 aliphatic rings. The second kappa shape index (κ2) is 6.72. The number of hydrogen-bond donors (Lipinski definition) is 0. The minimum atomic E-state index is 0.169. The summed E-state index contributed by atoms with van der Waals surface area (Å²) >= 11 is 8.09. The molecule has 0 saturated carbocycles. The third-order valence-corrected chi connectivity index (χ3v) is 6.07. The van der Waals surface area contributed by atoms with Crippen LogP contribution in [-0.2, 0) is 0 Å². The quantitative estimate of drug-likeness (QED) is 0.311. The molecule has 0 unspecified atom stereocenters. The Bertz CT molecular complexity index is 1380. The number of hydrogen-bond acceptors (Lipinski definition) is 4. The van der Waals surface area contributed by atoms with Gasteiger partial charge in [-0.3, -0.25) is 0 Å². The van der Waals surface area contributed by atoms with Crippen molar-refractivity contribution in [1.82, 2.24) is 9.97 Å². The van der Waals surface area contributed by atoms with Crippen molar-refractivity contribution in [2.75, 3.05) is 0 Å². The molecular formula is C23H12ClN3S. The molecule has 2 heterocycles. The van der Waals surface area contributed by atoms with Crippen molar-refractivity contribution >= 4 is 43.1 Å². The summed E-state index contributed by atoms with van der Waals surface area (Å²) in [6.07, 6.45) is 0. The molecule has 5 aromatic rings. The van der Waals surface area contributed by atoms with Crippen LogP contribution in [-0.4, -0.2) is 9.97 Å². The van der Waals surface area contributed by atoms with Crippen LogP contribution >= 0.6 is 22.9 Å². The van der Waals surface area contributed by atoms with E-state index in [4.69, 9.17) is 16.6 Å². The lowest BCUT2D eigenvalue weighted by molar-refractivity contribution is 1.17. The van der Waals surface area contributed by atoms with E-state index in [9.17, 15) is 5.26 Å². The number of thiophene rings is 1. The Morgan fingerprint density at radius 1 is 0.786 bits per heavy atom. The van der Waals surface area contributed by atoms with Gasteiger partial charge >= 0.3 is 0 Å². The summed E-state index contributed by atoms with van der Waals surface area (Å²) < 4.78 is 2.42. The average Bonchev–Trinajstić information content (AvgIpc) is 3.11. The number of nitrogens with zero attached hydrogens (tertiary/aromatic N) is 3. The van der Waals surface area contributed by atoms with Crippen LogP contribution in [0.5, 0.6) is 0 Å². The number of benzene rings is 3. The van der Waals surface area contributed by atoms with Crippen LogP contribution in [0.25, 0.3) is 42.8 Å². The van der Waals surface area contributed by atoms with Gasteiger partial charge in [-0.15, -0.1) is 11.3 Å². The fourth-order valence-corrected chi connectivity index (χ4v) is 4.69. The zero-order valence-corrected chi connectivity index (χ0v) is 16.1. The summed E-state index contributed by atoms with van der Waals surface area (Å²) in [7, 11) is 0. The van der Waals surface area contributed by atoms with Crippen LogP contribution in [0.4, 0.5) is 0 Å². The number of halogens is 1. The molecule has 3 nitrogen and oxygen atoms in total. The minimum absolute atomic E-state index is 0.169. The smallest absolute Gasteiger partial charge is 0.161 e. The van der Waals surface area contributed by atoms with Crippen molar-refractivity contribution in [2.45, 2.75) is 0 Å². The molecule has 0 N–H and O–H groups in total. The fraction of sp³-hybridized carbons (Fsp3) is 0. The maximum atomic E-state index is 9.53. The molecule has 0 spiro atoms. The Balaban J connectivity index is 1.72. The van der Waals surface area contributed by atoms with Gasteiger partial charge in [-0.2, -0.15) is 5.26 Å². The number of nitriles is 1. The first-order valence-electron chi connectivity index (χ1n) is 8.69. The first-order chi connectivity index (χ1) is 13.7. The molecule has 132 valence electrons. The maximum absolute atomic E-state index is 9.53. The number of rotatable bonds is 2. The van der Waals surface area contributed by atoms with Crippen LogP contribution in [0.3, 0.4) is 0 Å². The third kappa shape index (κ3) is 2.73. The maximum Gasteiger partial charge on any atom is 0.161 e. The molecule has 0 bridgehead atoms. The highest BCUT2D eigenvalue weighted by molar-refractivity contribution is 7.25. The van der Waals surface area contributed by atoms with Crippen LogP contribution < -0.4 is 0 Å². The molecule has 0 radical (unpaired) electrons. The van der Waals surface area contributed by atoms with E-state index in [0.29, 0.717) is 17.1 Å². The molecule has 0 saturated heterocycles. The summed E-state index contributed by atoms with van der Waals surface area (Å²) in [5, 5.41) is 12.2. The van der Waals surface area contributed by atoms with E-state index >= 15 is 0 Å². The van der Waals surface area contributed by atoms with Crippen molar-refractivity contribution in [3.05, 3.63) is 83.5 Å². The van der Waals surface area contributed by atoms with E-state index in [1.165, 1.54) is 20.2 Å². The highest BCUT2D eigenvalue weighted by Gasteiger charge is 2.16. The molecule has 5 rings (SSSR count). The van der Waals surface area contributed by atoms with Crippen molar-refractivity contribution in [3.8, 4) is 28.7 Å². The molecule has 0 fully saturated rings. The van der Waals surface area contributed by atoms with Gasteiger partial charge in [0.2, 0.25) is 0 Å². The van der Waals surface area contributed by atoms with Gasteiger partial charge in [0.05, 0.1) is 5.69 Å². The summed E-state index contributed by atoms with van der Waals surface area (Å²) in [5.74, 6) is 0.516. The predicted octanol–water partition coefficient (Wildman–Crippen LogP) is 6.70. The molecule has 28 heavy (non-hydrogen) atoms. The Morgan fingerprint density at radius 2 is 1.54 bits per heavy atom. The van der Waals surface area contributed by atoms with Gasteiger partial charge in [0.25, 0.3) is 0 Å². The Hall–Kier alpha value is -3.26. The van der Waals surface area contributed by atoms with E-state index in [-0.39, 0.29) is 5.15 Å². The first-order valence-corrected chi connectivity index (χ1v) is 9.89. The van der Waals surface area contributed by atoms with E-state index in [1.54, 1.807) is 11.3 Å². The fourth-order valence-electron chi connectivity index (χ4n) is 3.33. The molecule has 2 aromatic heterocycles. The van der Waals surface area contributed by atoms with E-state index < -0.39 is 0 Å². The summed E-state index contributed by atoms with van der Waals surface area (Å²) in [5.41, 5.74) is 2.56. The zero-order chi connectivity index (χ0) is 19.1. The largest absolute Gasteiger partial charge is 0.226 e. The monoisotopic (exact) mass is 397 g/mol. The van der Waals surface area contributed by atoms with Crippen LogP contribution in [0.15, 0.2) is 72.8 Å². The lowest BCUT2D eigenvalue weighted by Gasteiger charge is -2.08. The van der Waals surface area contributed by atoms with Crippen molar-refractivity contribution in [3.63, 3.8) is 0 Å². The normalized spacial score (nSPS) is 11.0. The average molecular weight is 398 g/mol. The van der Waals surface area contributed by atoms with Crippen LogP contribution in [0.2, 0.25) is 5.15 Å². The Kier molecular flexibility index (Phi) is 4.05. The SMILES string of the molecule is N#Cc1c(Cl)nc(-c2ccc3c(c2)sc2ccccc23)nc1-c1ccccc1. The summed E-state index contributed by atoms with van der Waals surface area (Å²) in [6.45, 7) is 0. The molecule has 3 aromatic carbocycles. The second-order valence-corrected chi connectivity index (χ2v) is 7.79. The van der Waals surface area contributed by atoms with E-state index in [0.717, 1.165) is 11.1 Å². The van der Waals surface area contributed by atoms with Gasteiger partial charge in [-0.1, -0.05) is 72.3 Å². The minimum Gasteiger partial charge on any atom is -0.226 e. The lowest BCUT2D eigenvalue weighted by atomic mass is 10.1. The van der Waals surface area contributed by atoms with Gasteiger partial charge < -0.3 is 0 Å². The van der Waals surface area contributed by atoms with E-state index in [2.05, 4.69) is 41.4 Å². The molecule has 0 aliphatic carbocycles. The highest BCUT2D eigenvalue weighted by atomic mass is 35.5. The molecule has 5 heteroatoms. The van der Waals surface area contributed by atoms with Crippen LogP contribution in [0.1, 0.15) is 5.56 Å². The van der Waals surface area contributed by atoms with Gasteiger partial charge in [0, 0.05) is 31.3 Å². The topological polar surface area (TPSA) is 49.6 Å². The molecular weight excluding hydrogens is 386 g/mol. The van der Waals surface area contributed by atoms with Gasteiger partial charge in [-0.05, 0) is 12.1 Å². The Morgan fingerprint density at radius 3 is 2.36 bits per heavy atom. The highest BCUT2D eigenvalue weighted by Crippen LogP contribution is 2.36. The van der Waals surface area contributed by atoms with Crippen molar-refractivity contribution in [1.29, 1.82) is 5.26 Å². The van der Waals surface area contributed by atoms with Gasteiger partial charge in [-0.25, -0.2) is 9.97 Å². The van der Waals surface area contributed by atoms with E-state index in [1.807, 2.05) is 42.5 Å². The first kappa shape index (κ1) is 16.9. The zero-order valence-electron chi connectivity index (χ0n) is 14.6. The van der Waals surface area contributed by atoms with Crippen LogP contribution in [0, 0.1) is 11.3 Å².